The minimum Gasteiger partial charge on any atom is -0.356 e. The normalized spacial score (nSPS) is 11.4. The van der Waals surface area contributed by atoms with Crippen molar-refractivity contribution in [3.8, 4) is 5.69 Å². The second kappa shape index (κ2) is 9.06. The molecule has 26 heavy (non-hydrogen) atoms. The van der Waals surface area contributed by atoms with Gasteiger partial charge in [-0.25, -0.2) is 4.68 Å². The molecule has 134 valence electrons. The quantitative estimate of drug-likeness (QED) is 0.518. The summed E-state index contributed by atoms with van der Waals surface area (Å²) in [6.07, 6.45) is 4.83. The molecule has 0 saturated heterocycles. The van der Waals surface area contributed by atoms with Gasteiger partial charge < -0.3 is 10.6 Å². The number of hydrogen-bond acceptors (Lipinski definition) is 2. The zero-order chi connectivity index (χ0) is 18.2. The maximum absolute atomic E-state index is 5.91. The van der Waals surface area contributed by atoms with E-state index in [4.69, 9.17) is 11.6 Å². The van der Waals surface area contributed by atoms with Crippen LogP contribution >= 0.6 is 11.6 Å². The van der Waals surface area contributed by atoms with Crippen LogP contribution in [0.25, 0.3) is 5.69 Å². The van der Waals surface area contributed by atoms with Gasteiger partial charge in [-0.15, -0.1) is 0 Å². The van der Waals surface area contributed by atoms with Crippen molar-refractivity contribution >= 4 is 17.6 Å². The van der Waals surface area contributed by atoms with Crippen LogP contribution in [-0.4, -0.2) is 29.3 Å². The predicted molar refractivity (Wildman–Crippen MR) is 107 cm³/mol. The lowest BCUT2D eigenvalue weighted by Crippen LogP contribution is -2.37. The van der Waals surface area contributed by atoms with Gasteiger partial charge in [0.25, 0.3) is 0 Å². The molecule has 2 aromatic carbocycles. The third kappa shape index (κ3) is 5.10. The highest BCUT2D eigenvalue weighted by Gasteiger charge is 2.02. The Balaban J connectivity index is 1.46. The Morgan fingerprint density at radius 2 is 1.81 bits per heavy atom. The Hall–Kier alpha value is -2.79. The zero-order valence-corrected chi connectivity index (χ0v) is 15.4. The molecule has 0 aliphatic rings. The monoisotopic (exact) mass is 367 g/mol. The Labute approximate surface area is 158 Å². The molecule has 3 aromatic rings. The second-order valence-corrected chi connectivity index (χ2v) is 6.29. The summed E-state index contributed by atoms with van der Waals surface area (Å²) < 4.78 is 1.89. The van der Waals surface area contributed by atoms with E-state index >= 15 is 0 Å². The fraction of sp³-hybridized carbons (Fsp3) is 0.200. The molecule has 0 radical (unpaired) electrons. The SMILES string of the molecule is CN=C(NCCc1cnn(-c2ccccc2)c1)NCc1ccc(Cl)cc1. The molecule has 1 heterocycles. The van der Waals surface area contributed by atoms with Crippen molar-refractivity contribution in [1.82, 2.24) is 20.4 Å². The van der Waals surface area contributed by atoms with E-state index < -0.39 is 0 Å². The smallest absolute Gasteiger partial charge is 0.191 e. The maximum atomic E-state index is 5.91. The Kier molecular flexibility index (Phi) is 6.28. The molecule has 1 aromatic heterocycles. The molecule has 6 heteroatoms. The van der Waals surface area contributed by atoms with Crippen molar-refractivity contribution in [3.05, 3.63) is 83.1 Å². The van der Waals surface area contributed by atoms with Gasteiger partial charge in [0.2, 0.25) is 0 Å². The number of nitrogens with one attached hydrogen (secondary N) is 2. The molecule has 0 unspecified atom stereocenters. The van der Waals surface area contributed by atoms with Gasteiger partial charge in [0.15, 0.2) is 5.96 Å². The number of hydrogen-bond donors (Lipinski definition) is 2. The summed E-state index contributed by atoms with van der Waals surface area (Å²) >= 11 is 5.91. The third-order valence-corrected chi connectivity index (χ3v) is 4.21. The molecule has 0 saturated carbocycles. The Bertz CT molecular complexity index is 840. The first-order chi connectivity index (χ1) is 12.7. The first-order valence-corrected chi connectivity index (χ1v) is 8.90. The van der Waals surface area contributed by atoms with Gasteiger partial charge in [-0.3, -0.25) is 4.99 Å². The van der Waals surface area contributed by atoms with Crippen molar-refractivity contribution in [2.24, 2.45) is 4.99 Å². The number of para-hydroxylation sites is 1. The fourth-order valence-corrected chi connectivity index (χ4v) is 2.67. The summed E-state index contributed by atoms with van der Waals surface area (Å²) in [6, 6.07) is 17.9. The van der Waals surface area contributed by atoms with Gasteiger partial charge in [-0.2, -0.15) is 5.10 Å². The highest BCUT2D eigenvalue weighted by Crippen LogP contribution is 2.09. The molecule has 2 N–H and O–H groups in total. The van der Waals surface area contributed by atoms with Crippen LogP contribution in [0.5, 0.6) is 0 Å². The molecule has 0 aliphatic heterocycles. The Morgan fingerprint density at radius 1 is 1.04 bits per heavy atom. The van der Waals surface area contributed by atoms with Crippen LogP contribution in [-0.2, 0) is 13.0 Å². The number of aliphatic imine (C=N–C) groups is 1. The first-order valence-electron chi connectivity index (χ1n) is 8.52. The lowest BCUT2D eigenvalue weighted by atomic mass is 10.2. The van der Waals surface area contributed by atoms with Gasteiger partial charge in [0.1, 0.15) is 0 Å². The van der Waals surface area contributed by atoms with E-state index in [1.165, 1.54) is 5.56 Å². The van der Waals surface area contributed by atoms with E-state index in [-0.39, 0.29) is 0 Å². The number of guanidine groups is 1. The van der Waals surface area contributed by atoms with Crippen LogP contribution in [0, 0.1) is 0 Å². The highest BCUT2D eigenvalue weighted by atomic mass is 35.5. The topological polar surface area (TPSA) is 54.2 Å². The van der Waals surface area contributed by atoms with Gasteiger partial charge >= 0.3 is 0 Å². The average Bonchev–Trinajstić information content (AvgIpc) is 3.15. The third-order valence-electron chi connectivity index (χ3n) is 3.96. The number of aromatic nitrogens is 2. The summed E-state index contributed by atoms with van der Waals surface area (Å²) in [5, 5.41) is 11.8. The van der Waals surface area contributed by atoms with Gasteiger partial charge in [-0.1, -0.05) is 41.9 Å². The summed E-state index contributed by atoms with van der Waals surface area (Å²) in [5.74, 6) is 0.774. The van der Waals surface area contributed by atoms with Crippen LogP contribution in [0.4, 0.5) is 0 Å². The molecule has 0 aliphatic carbocycles. The van der Waals surface area contributed by atoms with Crippen molar-refractivity contribution in [1.29, 1.82) is 0 Å². The van der Waals surface area contributed by atoms with Gasteiger partial charge in [0.05, 0.1) is 11.9 Å². The number of benzene rings is 2. The van der Waals surface area contributed by atoms with Crippen molar-refractivity contribution in [2.45, 2.75) is 13.0 Å². The van der Waals surface area contributed by atoms with E-state index in [1.807, 2.05) is 65.5 Å². The fourth-order valence-electron chi connectivity index (χ4n) is 2.55. The standard InChI is InChI=1S/C20H22ClN5/c1-22-20(24-13-16-7-9-18(21)10-8-16)23-12-11-17-14-25-26(15-17)19-5-3-2-4-6-19/h2-10,14-15H,11-13H2,1H3,(H2,22,23,24). The van der Waals surface area contributed by atoms with Gasteiger partial charge in [-0.05, 0) is 41.8 Å². The molecular formula is C20H22ClN5. The summed E-state index contributed by atoms with van der Waals surface area (Å²) in [4.78, 5) is 4.25. The minimum atomic E-state index is 0.697. The Morgan fingerprint density at radius 3 is 2.54 bits per heavy atom. The van der Waals surface area contributed by atoms with Crippen LogP contribution in [0.3, 0.4) is 0 Å². The van der Waals surface area contributed by atoms with E-state index in [2.05, 4.69) is 26.9 Å². The second-order valence-electron chi connectivity index (χ2n) is 5.86. The molecule has 0 atom stereocenters. The summed E-state index contributed by atoms with van der Waals surface area (Å²) in [7, 11) is 1.77. The molecule has 5 nitrogen and oxygen atoms in total. The molecular weight excluding hydrogens is 346 g/mol. The van der Waals surface area contributed by atoms with Crippen LogP contribution in [0.2, 0.25) is 5.02 Å². The number of rotatable bonds is 6. The molecule has 3 rings (SSSR count). The van der Waals surface area contributed by atoms with Crippen molar-refractivity contribution in [3.63, 3.8) is 0 Å². The van der Waals surface area contributed by atoms with E-state index in [9.17, 15) is 0 Å². The molecule has 0 bridgehead atoms. The molecule has 0 spiro atoms. The van der Waals surface area contributed by atoms with Crippen LogP contribution < -0.4 is 10.6 Å². The lowest BCUT2D eigenvalue weighted by molar-refractivity contribution is 0.794. The average molecular weight is 368 g/mol. The first kappa shape index (κ1) is 18.0. The van der Waals surface area contributed by atoms with Gasteiger partial charge in [0, 0.05) is 31.4 Å². The maximum Gasteiger partial charge on any atom is 0.191 e. The van der Waals surface area contributed by atoms with Crippen molar-refractivity contribution in [2.75, 3.05) is 13.6 Å². The molecule has 0 amide bonds. The van der Waals surface area contributed by atoms with Crippen LogP contribution in [0.15, 0.2) is 72.0 Å². The number of nitrogens with zero attached hydrogens (tertiary/aromatic N) is 3. The van der Waals surface area contributed by atoms with Crippen LogP contribution in [0.1, 0.15) is 11.1 Å². The predicted octanol–water partition coefficient (Wildman–Crippen LogP) is 3.43. The van der Waals surface area contributed by atoms with E-state index in [0.29, 0.717) is 6.54 Å². The van der Waals surface area contributed by atoms with E-state index in [0.717, 1.165) is 35.2 Å². The highest BCUT2D eigenvalue weighted by molar-refractivity contribution is 6.30. The summed E-state index contributed by atoms with van der Waals surface area (Å²) in [6.45, 7) is 1.48. The van der Waals surface area contributed by atoms with Crippen molar-refractivity contribution < 1.29 is 0 Å². The van der Waals surface area contributed by atoms with E-state index in [1.54, 1.807) is 7.05 Å². The summed E-state index contributed by atoms with van der Waals surface area (Å²) in [5.41, 5.74) is 3.39. The number of halogens is 1. The zero-order valence-electron chi connectivity index (χ0n) is 14.7. The largest absolute Gasteiger partial charge is 0.356 e. The lowest BCUT2D eigenvalue weighted by Gasteiger charge is -2.11. The molecule has 0 fully saturated rings. The minimum absolute atomic E-state index is 0.697.